The van der Waals surface area contributed by atoms with Crippen LogP contribution in [0.3, 0.4) is 0 Å². The van der Waals surface area contributed by atoms with Gasteiger partial charge in [-0.15, -0.1) is 0 Å². The van der Waals surface area contributed by atoms with Crippen LogP contribution in [0.1, 0.15) is 12.5 Å². The lowest BCUT2D eigenvalue weighted by atomic mass is 10.3. The van der Waals surface area contributed by atoms with E-state index in [2.05, 4.69) is 10.6 Å². The third-order valence-electron chi connectivity index (χ3n) is 1.57. The van der Waals surface area contributed by atoms with Crippen LogP contribution in [0, 0.1) is 0 Å². The zero-order chi connectivity index (χ0) is 9.52. The summed E-state index contributed by atoms with van der Waals surface area (Å²) in [7, 11) is 0. The molecule has 13 heavy (non-hydrogen) atoms. The van der Waals surface area contributed by atoms with Crippen molar-refractivity contribution < 1.29 is 9.21 Å². The van der Waals surface area contributed by atoms with Gasteiger partial charge in [0.1, 0.15) is 0 Å². The van der Waals surface area contributed by atoms with Gasteiger partial charge in [-0.2, -0.15) is 0 Å². The zero-order valence-electron chi connectivity index (χ0n) is 7.67. The van der Waals surface area contributed by atoms with Crippen LogP contribution in [-0.4, -0.2) is 19.0 Å². The zero-order valence-corrected chi connectivity index (χ0v) is 7.67. The highest BCUT2D eigenvalue weighted by Crippen LogP contribution is 1.97. The van der Waals surface area contributed by atoms with E-state index in [0.29, 0.717) is 19.6 Å². The van der Waals surface area contributed by atoms with E-state index in [1.165, 1.54) is 0 Å². The average Bonchev–Trinajstić information content (AvgIpc) is 2.57. The van der Waals surface area contributed by atoms with Crippen molar-refractivity contribution in [3.63, 3.8) is 0 Å². The highest BCUT2D eigenvalue weighted by atomic mass is 16.3. The quantitative estimate of drug-likeness (QED) is 0.697. The van der Waals surface area contributed by atoms with Crippen molar-refractivity contribution in [1.82, 2.24) is 10.6 Å². The Kier molecular flexibility index (Phi) is 4.05. The first-order chi connectivity index (χ1) is 6.33. The minimum atomic E-state index is 0.0194. The first-order valence-electron chi connectivity index (χ1n) is 4.31. The Hall–Kier alpha value is -1.29. The predicted molar refractivity (Wildman–Crippen MR) is 49.1 cm³/mol. The highest BCUT2D eigenvalue weighted by molar-refractivity contribution is 5.77. The maximum Gasteiger partial charge on any atom is 0.233 e. The first kappa shape index (κ1) is 9.80. The third-order valence-corrected chi connectivity index (χ3v) is 1.57. The van der Waals surface area contributed by atoms with E-state index in [1.54, 1.807) is 12.5 Å². The molecule has 0 aromatic carbocycles. The van der Waals surface area contributed by atoms with Gasteiger partial charge in [-0.25, -0.2) is 0 Å². The Morgan fingerprint density at radius 1 is 1.62 bits per heavy atom. The monoisotopic (exact) mass is 182 g/mol. The topological polar surface area (TPSA) is 54.3 Å². The minimum Gasteiger partial charge on any atom is -0.472 e. The second-order valence-electron chi connectivity index (χ2n) is 2.69. The molecule has 0 aliphatic carbocycles. The largest absolute Gasteiger partial charge is 0.472 e. The van der Waals surface area contributed by atoms with Crippen LogP contribution in [0.2, 0.25) is 0 Å². The average molecular weight is 182 g/mol. The maximum atomic E-state index is 11.0. The third kappa shape index (κ3) is 3.75. The van der Waals surface area contributed by atoms with Gasteiger partial charge in [-0.3, -0.25) is 4.79 Å². The van der Waals surface area contributed by atoms with Crippen LogP contribution in [-0.2, 0) is 11.3 Å². The Labute approximate surface area is 77.3 Å². The summed E-state index contributed by atoms with van der Waals surface area (Å²) >= 11 is 0. The molecule has 1 amide bonds. The van der Waals surface area contributed by atoms with Crippen molar-refractivity contribution in [1.29, 1.82) is 0 Å². The molecule has 1 aromatic heterocycles. The van der Waals surface area contributed by atoms with E-state index >= 15 is 0 Å². The molecule has 1 heterocycles. The number of furan rings is 1. The van der Waals surface area contributed by atoms with Crippen molar-refractivity contribution in [3.05, 3.63) is 24.2 Å². The summed E-state index contributed by atoms with van der Waals surface area (Å²) in [6, 6.07) is 1.87. The fourth-order valence-electron chi connectivity index (χ4n) is 0.973. The summed E-state index contributed by atoms with van der Waals surface area (Å²) < 4.78 is 4.88. The smallest absolute Gasteiger partial charge is 0.233 e. The molecule has 0 unspecified atom stereocenters. The van der Waals surface area contributed by atoms with Gasteiger partial charge in [0.25, 0.3) is 0 Å². The van der Waals surface area contributed by atoms with Gasteiger partial charge in [-0.1, -0.05) is 0 Å². The maximum absolute atomic E-state index is 11.0. The molecule has 0 aliphatic rings. The minimum absolute atomic E-state index is 0.0194. The van der Waals surface area contributed by atoms with Gasteiger partial charge < -0.3 is 15.1 Å². The van der Waals surface area contributed by atoms with Crippen molar-refractivity contribution in [3.8, 4) is 0 Å². The van der Waals surface area contributed by atoms with Gasteiger partial charge in [0.05, 0.1) is 19.1 Å². The van der Waals surface area contributed by atoms with Crippen molar-refractivity contribution >= 4 is 5.91 Å². The number of likely N-dealkylation sites (N-methyl/N-ethyl adjacent to an activating group) is 1. The van der Waals surface area contributed by atoms with Gasteiger partial charge >= 0.3 is 0 Å². The predicted octanol–water partition coefficient (Wildman–Crippen LogP) is 0.505. The van der Waals surface area contributed by atoms with E-state index in [9.17, 15) is 4.79 Å². The molecule has 0 bridgehead atoms. The molecule has 0 aliphatic heterocycles. The Balaban J connectivity index is 2.11. The second kappa shape index (κ2) is 5.37. The Morgan fingerprint density at radius 3 is 3.08 bits per heavy atom. The normalized spacial score (nSPS) is 9.92. The van der Waals surface area contributed by atoms with E-state index in [1.807, 2.05) is 13.0 Å². The van der Waals surface area contributed by atoms with E-state index in [4.69, 9.17) is 4.42 Å². The number of hydrogen-bond donors (Lipinski definition) is 2. The lowest BCUT2D eigenvalue weighted by Gasteiger charge is -2.02. The fraction of sp³-hybridized carbons (Fsp3) is 0.444. The van der Waals surface area contributed by atoms with E-state index in [0.717, 1.165) is 5.56 Å². The van der Waals surface area contributed by atoms with Crippen LogP contribution >= 0.6 is 0 Å². The lowest BCUT2D eigenvalue weighted by Crippen LogP contribution is -2.33. The highest BCUT2D eigenvalue weighted by Gasteiger charge is 1.98. The standard InChI is InChI=1S/C9H14N2O2/c1-2-11-9(12)6-10-5-8-3-4-13-7-8/h3-4,7,10H,2,5-6H2,1H3,(H,11,12). The number of hydrogen-bond acceptors (Lipinski definition) is 3. The molecule has 4 nitrogen and oxygen atoms in total. The summed E-state index contributed by atoms with van der Waals surface area (Å²) in [6.07, 6.45) is 3.27. The molecule has 4 heteroatoms. The first-order valence-corrected chi connectivity index (χ1v) is 4.31. The Morgan fingerprint density at radius 2 is 2.46 bits per heavy atom. The molecule has 1 aromatic rings. The van der Waals surface area contributed by atoms with Gasteiger partial charge in [0.15, 0.2) is 0 Å². The molecule has 0 spiro atoms. The van der Waals surface area contributed by atoms with Gasteiger partial charge in [0, 0.05) is 18.7 Å². The SMILES string of the molecule is CCNC(=O)CNCc1ccoc1. The molecule has 0 atom stereocenters. The molecule has 0 radical (unpaired) electrons. The second-order valence-corrected chi connectivity index (χ2v) is 2.69. The van der Waals surface area contributed by atoms with E-state index < -0.39 is 0 Å². The summed E-state index contributed by atoms with van der Waals surface area (Å²) in [4.78, 5) is 11.0. The molecule has 0 saturated carbocycles. The molecule has 72 valence electrons. The van der Waals surface area contributed by atoms with Crippen molar-refractivity contribution in [2.45, 2.75) is 13.5 Å². The van der Waals surface area contributed by atoms with Crippen LogP contribution in [0.4, 0.5) is 0 Å². The van der Waals surface area contributed by atoms with Crippen LogP contribution in [0.15, 0.2) is 23.0 Å². The van der Waals surface area contributed by atoms with Gasteiger partial charge in [0.2, 0.25) is 5.91 Å². The molecular weight excluding hydrogens is 168 g/mol. The summed E-state index contributed by atoms with van der Waals surface area (Å²) in [6.45, 7) is 3.58. The Bertz CT molecular complexity index is 244. The van der Waals surface area contributed by atoms with Crippen molar-refractivity contribution in [2.75, 3.05) is 13.1 Å². The van der Waals surface area contributed by atoms with Gasteiger partial charge in [-0.05, 0) is 13.0 Å². The van der Waals surface area contributed by atoms with Crippen LogP contribution in [0.5, 0.6) is 0 Å². The summed E-state index contributed by atoms with van der Waals surface area (Å²) in [5.41, 5.74) is 1.05. The molecular formula is C9H14N2O2. The number of amides is 1. The van der Waals surface area contributed by atoms with Crippen molar-refractivity contribution in [2.24, 2.45) is 0 Å². The lowest BCUT2D eigenvalue weighted by molar-refractivity contribution is -0.120. The number of rotatable bonds is 5. The van der Waals surface area contributed by atoms with Crippen LogP contribution in [0.25, 0.3) is 0 Å². The number of nitrogens with one attached hydrogen (secondary N) is 2. The number of carbonyl (C=O) groups is 1. The van der Waals surface area contributed by atoms with E-state index in [-0.39, 0.29) is 5.91 Å². The fourth-order valence-corrected chi connectivity index (χ4v) is 0.973. The van der Waals surface area contributed by atoms with Crippen LogP contribution < -0.4 is 10.6 Å². The molecule has 1 rings (SSSR count). The summed E-state index contributed by atoms with van der Waals surface area (Å²) in [5, 5.41) is 5.70. The molecule has 0 saturated heterocycles. The molecule has 0 fully saturated rings. The molecule has 2 N–H and O–H groups in total. The number of carbonyl (C=O) groups excluding carboxylic acids is 1. The summed E-state index contributed by atoms with van der Waals surface area (Å²) in [5.74, 6) is 0.0194.